The fourth-order valence-electron chi connectivity index (χ4n) is 3.01. The van der Waals surface area contributed by atoms with Gasteiger partial charge in [-0.15, -0.1) is 0 Å². The van der Waals surface area contributed by atoms with Crippen LogP contribution in [0.15, 0.2) is 66.7 Å². The van der Waals surface area contributed by atoms with Gasteiger partial charge in [-0.1, -0.05) is 30.3 Å². The molecule has 2 heterocycles. The lowest BCUT2D eigenvalue weighted by atomic mass is 10.0. The normalized spacial score (nSPS) is 10.8. The summed E-state index contributed by atoms with van der Waals surface area (Å²) < 4.78 is 26.9. The monoisotopic (exact) mass is 375 g/mol. The third-order valence-corrected chi connectivity index (χ3v) is 4.30. The fourth-order valence-corrected chi connectivity index (χ4v) is 3.01. The molecule has 0 fully saturated rings. The molecular formula is C22H15F2N3O. The highest BCUT2D eigenvalue weighted by Gasteiger charge is 2.14. The average molecular weight is 375 g/mol. The molecule has 4 rings (SSSR count). The first-order valence-electron chi connectivity index (χ1n) is 8.61. The standard InChI is InChI=1S/C22H15F2N3O/c1-13-11-18(14-5-3-2-4-6-14)16-9-10-20(26-21(16)25-13)27-22(28)17-8-7-15(23)12-19(17)24/h2-12H,1H3,(H,25,26,27,28). The number of hydrogen-bond donors (Lipinski definition) is 1. The molecule has 28 heavy (non-hydrogen) atoms. The molecule has 0 aliphatic carbocycles. The van der Waals surface area contributed by atoms with E-state index in [9.17, 15) is 13.6 Å². The van der Waals surface area contributed by atoms with E-state index in [1.807, 2.05) is 49.4 Å². The van der Waals surface area contributed by atoms with Gasteiger partial charge in [0.1, 0.15) is 17.5 Å². The summed E-state index contributed by atoms with van der Waals surface area (Å²) >= 11 is 0. The number of carbonyl (C=O) groups is 1. The Bertz CT molecular complexity index is 1190. The van der Waals surface area contributed by atoms with Crippen molar-refractivity contribution < 1.29 is 13.6 Å². The Morgan fingerprint density at radius 2 is 1.71 bits per heavy atom. The van der Waals surface area contributed by atoms with Crippen molar-refractivity contribution in [2.75, 3.05) is 5.32 Å². The number of nitrogens with one attached hydrogen (secondary N) is 1. The first-order valence-corrected chi connectivity index (χ1v) is 8.61. The Morgan fingerprint density at radius 3 is 2.46 bits per heavy atom. The molecule has 0 aliphatic heterocycles. The smallest absolute Gasteiger partial charge is 0.259 e. The minimum atomic E-state index is -0.932. The number of benzene rings is 2. The SMILES string of the molecule is Cc1cc(-c2ccccc2)c2ccc(NC(=O)c3ccc(F)cc3F)nc2n1. The number of aryl methyl sites for hydroxylation is 1. The van der Waals surface area contributed by atoms with Crippen molar-refractivity contribution in [1.29, 1.82) is 0 Å². The summed E-state index contributed by atoms with van der Waals surface area (Å²) in [6.07, 6.45) is 0. The highest BCUT2D eigenvalue weighted by atomic mass is 19.1. The second-order valence-corrected chi connectivity index (χ2v) is 6.32. The van der Waals surface area contributed by atoms with Crippen LogP contribution in [0.5, 0.6) is 0 Å². The average Bonchev–Trinajstić information content (AvgIpc) is 2.67. The van der Waals surface area contributed by atoms with Crippen molar-refractivity contribution in [3.05, 3.63) is 89.6 Å². The lowest BCUT2D eigenvalue weighted by Crippen LogP contribution is -2.15. The highest BCUT2D eigenvalue weighted by Crippen LogP contribution is 2.28. The summed E-state index contributed by atoms with van der Waals surface area (Å²) in [4.78, 5) is 21.1. The minimum Gasteiger partial charge on any atom is -0.306 e. The number of pyridine rings is 2. The summed E-state index contributed by atoms with van der Waals surface area (Å²) in [5, 5.41) is 3.37. The van der Waals surface area contributed by atoms with Crippen LogP contribution < -0.4 is 5.32 Å². The maximum absolute atomic E-state index is 13.8. The van der Waals surface area contributed by atoms with Crippen LogP contribution in [-0.4, -0.2) is 15.9 Å². The second kappa shape index (κ2) is 7.15. The summed E-state index contributed by atoms with van der Waals surface area (Å²) in [5.74, 6) is -2.15. The van der Waals surface area contributed by atoms with Crippen molar-refractivity contribution in [3.63, 3.8) is 0 Å². The number of nitrogens with zero attached hydrogens (tertiary/aromatic N) is 2. The molecular weight excluding hydrogens is 360 g/mol. The van der Waals surface area contributed by atoms with Crippen LogP contribution in [0.4, 0.5) is 14.6 Å². The van der Waals surface area contributed by atoms with Gasteiger partial charge in [0.25, 0.3) is 5.91 Å². The quantitative estimate of drug-likeness (QED) is 0.540. The molecule has 0 unspecified atom stereocenters. The molecule has 1 N–H and O–H groups in total. The second-order valence-electron chi connectivity index (χ2n) is 6.32. The molecule has 0 bridgehead atoms. The zero-order valence-electron chi connectivity index (χ0n) is 14.9. The maximum atomic E-state index is 13.8. The Balaban J connectivity index is 1.71. The van der Waals surface area contributed by atoms with Gasteiger partial charge in [-0.05, 0) is 48.4 Å². The number of rotatable bonds is 3. The lowest BCUT2D eigenvalue weighted by molar-refractivity contribution is 0.102. The van der Waals surface area contributed by atoms with Crippen molar-refractivity contribution in [1.82, 2.24) is 9.97 Å². The zero-order chi connectivity index (χ0) is 19.7. The van der Waals surface area contributed by atoms with Crippen molar-refractivity contribution in [3.8, 4) is 11.1 Å². The highest BCUT2D eigenvalue weighted by molar-refractivity contribution is 6.04. The van der Waals surface area contributed by atoms with E-state index in [1.165, 1.54) is 0 Å². The number of amides is 1. The minimum absolute atomic E-state index is 0.235. The van der Waals surface area contributed by atoms with Crippen LogP contribution in [-0.2, 0) is 0 Å². The van der Waals surface area contributed by atoms with Gasteiger partial charge in [-0.2, -0.15) is 0 Å². The van der Waals surface area contributed by atoms with E-state index < -0.39 is 17.5 Å². The van der Waals surface area contributed by atoms with Gasteiger partial charge in [-0.3, -0.25) is 4.79 Å². The Morgan fingerprint density at radius 1 is 0.929 bits per heavy atom. The molecule has 4 aromatic rings. The maximum Gasteiger partial charge on any atom is 0.259 e. The van der Waals surface area contributed by atoms with E-state index >= 15 is 0 Å². The molecule has 4 nitrogen and oxygen atoms in total. The predicted octanol–water partition coefficient (Wildman–Crippen LogP) is 5.14. The van der Waals surface area contributed by atoms with Crippen LogP contribution in [0, 0.1) is 18.6 Å². The molecule has 0 aliphatic rings. The molecule has 0 spiro atoms. The predicted molar refractivity (Wildman–Crippen MR) is 104 cm³/mol. The summed E-state index contributed by atoms with van der Waals surface area (Å²) in [6.45, 7) is 1.87. The van der Waals surface area contributed by atoms with E-state index in [1.54, 1.807) is 6.07 Å². The first kappa shape index (κ1) is 17.7. The molecule has 2 aromatic heterocycles. The molecule has 0 saturated heterocycles. The third kappa shape index (κ3) is 3.44. The van der Waals surface area contributed by atoms with Gasteiger partial charge in [-0.25, -0.2) is 18.7 Å². The van der Waals surface area contributed by atoms with E-state index in [-0.39, 0.29) is 11.4 Å². The van der Waals surface area contributed by atoms with E-state index in [0.717, 1.165) is 34.3 Å². The number of aromatic nitrogens is 2. The Hall–Kier alpha value is -3.67. The van der Waals surface area contributed by atoms with Crippen LogP contribution >= 0.6 is 0 Å². The van der Waals surface area contributed by atoms with Crippen LogP contribution in [0.3, 0.4) is 0 Å². The largest absolute Gasteiger partial charge is 0.306 e. The molecule has 0 atom stereocenters. The summed E-state index contributed by atoms with van der Waals surface area (Å²) in [7, 11) is 0. The van der Waals surface area contributed by atoms with Crippen molar-refractivity contribution in [2.24, 2.45) is 0 Å². The molecule has 2 aromatic carbocycles. The van der Waals surface area contributed by atoms with E-state index in [2.05, 4.69) is 15.3 Å². The van der Waals surface area contributed by atoms with Crippen molar-refractivity contribution in [2.45, 2.75) is 6.92 Å². The van der Waals surface area contributed by atoms with Crippen LogP contribution in [0.25, 0.3) is 22.2 Å². The Kier molecular flexibility index (Phi) is 4.53. The van der Waals surface area contributed by atoms with E-state index in [0.29, 0.717) is 11.7 Å². The molecule has 138 valence electrons. The number of anilines is 1. The number of halogens is 2. The number of carbonyl (C=O) groups excluding carboxylic acids is 1. The van der Waals surface area contributed by atoms with Gasteiger partial charge < -0.3 is 5.32 Å². The lowest BCUT2D eigenvalue weighted by Gasteiger charge is -2.10. The van der Waals surface area contributed by atoms with Crippen molar-refractivity contribution >= 4 is 22.8 Å². The first-order chi connectivity index (χ1) is 13.5. The zero-order valence-corrected chi connectivity index (χ0v) is 14.9. The number of fused-ring (bicyclic) bond motifs is 1. The van der Waals surface area contributed by atoms with Gasteiger partial charge in [0.15, 0.2) is 5.65 Å². The third-order valence-electron chi connectivity index (χ3n) is 4.30. The van der Waals surface area contributed by atoms with E-state index in [4.69, 9.17) is 0 Å². The fraction of sp³-hybridized carbons (Fsp3) is 0.0455. The molecule has 0 radical (unpaired) electrons. The van der Waals surface area contributed by atoms with Crippen LogP contribution in [0.2, 0.25) is 0 Å². The van der Waals surface area contributed by atoms with Crippen LogP contribution in [0.1, 0.15) is 16.1 Å². The Labute approximate surface area is 159 Å². The van der Waals surface area contributed by atoms with Gasteiger partial charge >= 0.3 is 0 Å². The summed E-state index contributed by atoms with van der Waals surface area (Å²) in [5.41, 5.74) is 3.01. The topological polar surface area (TPSA) is 54.9 Å². The van der Waals surface area contributed by atoms with Gasteiger partial charge in [0.2, 0.25) is 0 Å². The van der Waals surface area contributed by atoms with Gasteiger partial charge in [0, 0.05) is 17.1 Å². The summed E-state index contributed by atoms with van der Waals surface area (Å²) in [6, 6.07) is 18.1. The molecule has 1 amide bonds. The molecule has 0 saturated carbocycles. The molecule has 6 heteroatoms. The number of hydrogen-bond acceptors (Lipinski definition) is 3. The van der Waals surface area contributed by atoms with Gasteiger partial charge in [0.05, 0.1) is 5.56 Å².